The maximum absolute atomic E-state index is 11.9. The summed E-state index contributed by atoms with van der Waals surface area (Å²) >= 11 is 0. The summed E-state index contributed by atoms with van der Waals surface area (Å²) in [5, 5.41) is 11.9. The second kappa shape index (κ2) is 19.5. The summed E-state index contributed by atoms with van der Waals surface area (Å²) in [6.45, 7) is 13.8. The van der Waals surface area contributed by atoms with Crippen molar-refractivity contribution < 1.29 is 40.8 Å². The Morgan fingerprint density at radius 1 is 0.920 bits per heavy atom. The van der Waals surface area contributed by atoms with Gasteiger partial charge in [-0.25, -0.2) is 4.74 Å². The van der Waals surface area contributed by atoms with Crippen LogP contribution in [0, 0.1) is 25.2 Å². The normalized spacial score (nSPS) is 8.36. The predicted octanol–water partition coefficient (Wildman–Crippen LogP) is 2.71. The molecule has 0 saturated heterocycles. The Bertz CT molecular complexity index is 652. The van der Waals surface area contributed by atoms with Gasteiger partial charge >= 0.3 is 33.9 Å². The van der Waals surface area contributed by atoms with Crippen LogP contribution in [0.15, 0.2) is 54.6 Å². The predicted molar refractivity (Wildman–Crippen MR) is 83.7 cm³/mol. The first-order valence-electron chi connectivity index (χ1n) is 6.36. The van der Waals surface area contributed by atoms with Crippen molar-refractivity contribution in [2.45, 2.75) is 6.54 Å². The van der Waals surface area contributed by atoms with Gasteiger partial charge in [-0.05, 0) is 12.1 Å². The van der Waals surface area contributed by atoms with Crippen LogP contribution in [0.4, 0.5) is 0 Å². The number of rotatable bonds is 4. The molecule has 2 rings (SSSR count). The number of para-hydroxylation sites is 1. The Morgan fingerprint density at radius 3 is 1.92 bits per heavy atom. The van der Waals surface area contributed by atoms with E-state index in [0.29, 0.717) is 12.3 Å². The molecule has 0 aliphatic heterocycles. The first-order valence-corrected chi connectivity index (χ1v) is 6.36. The summed E-state index contributed by atoms with van der Waals surface area (Å²) < 4.78 is 28.6. The third-order valence-corrected chi connectivity index (χ3v) is 2.60. The van der Waals surface area contributed by atoms with Gasteiger partial charge in [-0.15, -0.1) is 0 Å². The van der Waals surface area contributed by atoms with Crippen LogP contribution in [-0.2, 0) is 37.9 Å². The van der Waals surface area contributed by atoms with E-state index in [2.05, 4.69) is 20.0 Å². The zero-order valence-corrected chi connectivity index (χ0v) is 14.7. The van der Waals surface area contributed by atoms with Crippen molar-refractivity contribution in [3.05, 3.63) is 90.9 Å². The van der Waals surface area contributed by atoms with Crippen LogP contribution in [0.1, 0.15) is 11.1 Å². The number of ether oxygens (including phenoxy) is 1. The van der Waals surface area contributed by atoms with Gasteiger partial charge in [-0.3, -0.25) is 0 Å². The Kier molecular flexibility index (Phi) is 21.3. The van der Waals surface area contributed by atoms with Crippen molar-refractivity contribution in [3.63, 3.8) is 0 Å². The molecule has 0 amide bonds. The van der Waals surface area contributed by atoms with Gasteiger partial charge in [0.15, 0.2) is 12.8 Å². The van der Waals surface area contributed by atoms with Gasteiger partial charge in [-0.2, -0.15) is 0 Å². The Morgan fingerprint density at radius 2 is 1.40 bits per heavy atom. The molecule has 2 aromatic rings. The van der Waals surface area contributed by atoms with Crippen molar-refractivity contribution in [3.8, 4) is 5.75 Å². The monoisotopic (exact) mass is 377 g/mol. The zero-order valence-electron chi connectivity index (χ0n) is 13.4. The van der Waals surface area contributed by atoms with E-state index in [0.717, 1.165) is 15.9 Å². The molecule has 0 aliphatic rings. The molecule has 0 radical (unpaired) electrons. The Balaban J connectivity index is -0.000000626. The topological polar surface area (TPSA) is 95.0 Å². The fourth-order valence-corrected chi connectivity index (χ4v) is 1.74. The molecule has 0 aromatic heterocycles. The van der Waals surface area contributed by atoms with E-state index in [9.17, 15) is 5.21 Å². The Labute approximate surface area is 157 Å². The molecule has 0 unspecified atom stereocenters. The van der Waals surface area contributed by atoms with Crippen LogP contribution in [-0.4, -0.2) is 18.1 Å². The van der Waals surface area contributed by atoms with Crippen LogP contribution < -0.4 is 4.74 Å². The van der Waals surface area contributed by atoms with E-state index in [1.165, 1.54) is 0 Å². The molecule has 0 N–H and O–H groups in total. The average Bonchev–Trinajstić information content (AvgIpc) is 2.68. The molecule has 0 saturated carbocycles. The number of benzene rings is 2. The molecule has 7 heteroatoms. The van der Waals surface area contributed by atoms with Crippen molar-refractivity contribution in [1.29, 1.82) is 0 Å². The van der Waals surface area contributed by atoms with Gasteiger partial charge in [0.05, 0.1) is 12.7 Å². The van der Waals surface area contributed by atoms with E-state index in [1.807, 2.05) is 54.6 Å². The molecule has 0 heterocycles. The maximum Gasteiger partial charge on any atom is 0 e. The minimum Gasteiger partial charge on any atom is 0 e. The second-order valence-electron chi connectivity index (χ2n) is 3.93. The van der Waals surface area contributed by atoms with Crippen molar-refractivity contribution in [2.24, 2.45) is 0 Å². The third kappa shape index (κ3) is 11.6. The SMILES string of the molecule is COc1ccccc1/C=[N+](\[O-])Cc1ccccc1.[C-]#[O+].[C-]#[O+].[C-]#[O+].[Cr]. The molecule has 128 valence electrons. The van der Waals surface area contributed by atoms with E-state index in [1.54, 1.807) is 13.3 Å². The van der Waals surface area contributed by atoms with Gasteiger partial charge in [0, 0.05) is 22.9 Å². The van der Waals surface area contributed by atoms with Crippen LogP contribution in [0.2, 0.25) is 0 Å². The molecule has 0 fully saturated rings. The van der Waals surface area contributed by atoms with Crippen LogP contribution >= 0.6 is 0 Å². The van der Waals surface area contributed by atoms with E-state index in [4.69, 9.17) is 18.7 Å². The van der Waals surface area contributed by atoms with Crippen LogP contribution in [0.5, 0.6) is 5.75 Å². The third-order valence-electron chi connectivity index (χ3n) is 2.60. The summed E-state index contributed by atoms with van der Waals surface area (Å²) in [6, 6.07) is 17.1. The van der Waals surface area contributed by atoms with Crippen molar-refractivity contribution >= 4 is 6.21 Å². The van der Waals surface area contributed by atoms with Crippen molar-refractivity contribution in [1.82, 2.24) is 0 Å². The number of hydrogen-bond acceptors (Lipinski definition) is 2. The van der Waals surface area contributed by atoms with Crippen molar-refractivity contribution in [2.75, 3.05) is 7.11 Å². The second-order valence-corrected chi connectivity index (χ2v) is 3.93. The van der Waals surface area contributed by atoms with E-state index < -0.39 is 0 Å². The van der Waals surface area contributed by atoms with E-state index in [-0.39, 0.29) is 17.4 Å². The van der Waals surface area contributed by atoms with E-state index >= 15 is 0 Å². The summed E-state index contributed by atoms with van der Waals surface area (Å²) in [5.74, 6) is 0.700. The fourth-order valence-electron chi connectivity index (χ4n) is 1.74. The minimum atomic E-state index is 0. The zero-order chi connectivity index (χ0) is 18.8. The number of nitrogens with zero attached hydrogens (tertiary/aromatic N) is 1. The average molecular weight is 377 g/mol. The Hall–Kier alpha value is -2.54. The van der Waals surface area contributed by atoms with Gasteiger partial charge in [0.25, 0.3) is 0 Å². The molecule has 0 aliphatic carbocycles. The minimum absolute atomic E-state index is 0. The van der Waals surface area contributed by atoms with Gasteiger partial charge in [-0.1, -0.05) is 42.5 Å². The summed E-state index contributed by atoms with van der Waals surface area (Å²) in [4.78, 5) is 0. The smallest absolute Gasteiger partial charge is 0 e. The summed E-state index contributed by atoms with van der Waals surface area (Å²) in [5.41, 5.74) is 1.77. The molecule has 25 heavy (non-hydrogen) atoms. The molecular weight excluding hydrogens is 362 g/mol. The molecule has 6 nitrogen and oxygen atoms in total. The standard InChI is InChI=1S/C15H15NO2.3CO.Cr/c1-18-15-10-6-5-9-14(15)12-16(17)11-13-7-3-2-4-8-13;3*1-2;/h2-10,12H,11H2,1H3;;;;/b16-12-;;;;. The quantitative estimate of drug-likeness (QED) is 0.205. The van der Waals surface area contributed by atoms with Gasteiger partial charge < -0.3 is 9.94 Å². The van der Waals surface area contributed by atoms with Gasteiger partial charge in [0.1, 0.15) is 5.75 Å². The van der Waals surface area contributed by atoms with Gasteiger partial charge in [0.2, 0.25) is 0 Å². The number of hydroxylamine groups is 1. The number of hydrogen-bond donors (Lipinski definition) is 0. The molecule has 2 aromatic carbocycles. The first kappa shape index (κ1) is 27.3. The number of methoxy groups -OCH3 is 1. The molecular formula is C18H15CrNO5. The molecule has 0 spiro atoms. The molecule has 0 bridgehead atoms. The van der Waals surface area contributed by atoms with Crippen LogP contribution in [0.25, 0.3) is 0 Å². The fraction of sp³-hybridized carbons (Fsp3) is 0.111. The summed E-state index contributed by atoms with van der Waals surface area (Å²) in [7, 11) is 1.60. The summed E-state index contributed by atoms with van der Waals surface area (Å²) in [6.07, 6.45) is 1.55. The largest absolute Gasteiger partial charge is 0 e. The molecule has 0 atom stereocenters. The first-order chi connectivity index (χ1) is 11.8. The maximum atomic E-state index is 11.9. The van der Waals surface area contributed by atoms with Crippen LogP contribution in [0.3, 0.4) is 0 Å².